The highest BCUT2D eigenvalue weighted by atomic mass is 16.6. The molecule has 2 aliphatic heterocycles. The molecule has 0 saturated carbocycles. The van der Waals surface area contributed by atoms with Crippen molar-refractivity contribution in [3.63, 3.8) is 0 Å². The lowest BCUT2D eigenvalue weighted by molar-refractivity contribution is 0.0606. The van der Waals surface area contributed by atoms with Crippen molar-refractivity contribution in [3.05, 3.63) is 47.5 Å². The molecular weight excluding hydrogens is 254 g/mol. The number of nitrogens with zero attached hydrogens (tertiary/aromatic N) is 1. The van der Waals surface area contributed by atoms with Crippen LogP contribution in [0.3, 0.4) is 0 Å². The van der Waals surface area contributed by atoms with Crippen molar-refractivity contribution in [1.29, 1.82) is 0 Å². The second kappa shape index (κ2) is 4.15. The minimum absolute atomic E-state index is 0.194. The van der Waals surface area contributed by atoms with E-state index in [1.807, 2.05) is 24.3 Å². The van der Waals surface area contributed by atoms with Crippen LogP contribution in [0.15, 0.2) is 36.4 Å². The zero-order chi connectivity index (χ0) is 13.7. The Hall–Kier alpha value is -2.20. The number of epoxide rings is 1. The van der Waals surface area contributed by atoms with Crippen LogP contribution in [0.1, 0.15) is 27.1 Å². The van der Waals surface area contributed by atoms with Gasteiger partial charge in [0.15, 0.2) is 0 Å². The van der Waals surface area contributed by atoms with Gasteiger partial charge in [0.05, 0.1) is 12.7 Å². The third kappa shape index (κ3) is 1.65. The van der Waals surface area contributed by atoms with Gasteiger partial charge in [-0.05, 0) is 23.9 Å². The van der Waals surface area contributed by atoms with Crippen LogP contribution in [0, 0.1) is 0 Å². The van der Waals surface area contributed by atoms with E-state index >= 15 is 0 Å². The summed E-state index contributed by atoms with van der Waals surface area (Å²) in [5.74, 6) is -0.389. The summed E-state index contributed by atoms with van der Waals surface area (Å²) < 4.78 is 5.15. The van der Waals surface area contributed by atoms with Crippen LogP contribution < -0.4 is 0 Å². The van der Waals surface area contributed by atoms with Crippen molar-refractivity contribution < 1.29 is 14.3 Å². The van der Waals surface area contributed by atoms with Crippen LogP contribution in [0.25, 0.3) is 10.8 Å². The smallest absolute Gasteiger partial charge is 0.261 e. The van der Waals surface area contributed by atoms with Crippen molar-refractivity contribution in [2.45, 2.75) is 12.5 Å². The number of hydrogen-bond acceptors (Lipinski definition) is 3. The highest BCUT2D eigenvalue weighted by Gasteiger charge is 2.34. The first-order valence-corrected chi connectivity index (χ1v) is 6.75. The molecule has 2 aromatic carbocycles. The Balaban J connectivity index is 1.81. The number of amides is 2. The molecule has 2 aliphatic rings. The van der Waals surface area contributed by atoms with Gasteiger partial charge in [0, 0.05) is 23.1 Å². The number of benzene rings is 2. The Kier molecular flexibility index (Phi) is 2.41. The average Bonchev–Trinajstić information content (AvgIpc) is 3.28. The molecule has 0 aromatic heterocycles. The first-order chi connectivity index (χ1) is 9.75. The number of carbonyl (C=O) groups excluding carboxylic acids is 2. The zero-order valence-corrected chi connectivity index (χ0v) is 10.8. The van der Waals surface area contributed by atoms with Gasteiger partial charge in [0.25, 0.3) is 11.8 Å². The summed E-state index contributed by atoms with van der Waals surface area (Å²) in [4.78, 5) is 26.4. The molecular formula is C16H13NO3. The van der Waals surface area contributed by atoms with Gasteiger partial charge in [0.2, 0.25) is 0 Å². The molecule has 2 amide bonds. The fourth-order valence-corrected chi connectivity index (χ4v) is 2.79. The largest absolute Gasteiger partial charge is 0.373 e. The molecule has 20 heavy (non-hydrogen) atoms. The molecule has 100 valence electrons. The molecule has 2 heterocycles. The van der Waals surface area contributed by atoms with Gasteiger partial charge in [-0.2, -0.15) is 0 Å². The summed E-state index contributed by atoms with van der Waals surface area (Å²) in [6.07, 6.45) is 0.930. The van der Waals surface area contributed by atoms with Crippen molar-refractivity contribution >= 4 is 22.6 Å². The van der Waals surface area contributed by atoms with E-state index in [2.05, 4.69) is 0 Å². The molecule has 1 atom stereocenters. The Morgan fingerprint density at radius 3 is 2.20 bits per heavy atom. The Morgan fingerprint density at radius 2 is 1.65 bits per heavy atom. The maximum Gasteiger partial charge on any atom is 0.261 e. The van der Waals surface area contributed by atoms with E-state index < -0.39 is 0 Å². The second-order valence-electron chi connectivity index (χ2n) is 5.22. The molecule has 2 aromatic rings. The number of hydrogen-bond donors (Lipinski definition) is 0. The quantitative estimate of drug-likeness (QED) is 0.633. The van der Waals surface area contributed by atoms with Crippen LogP contribution >= 0.6 is 0 Å². The van der Waals surface area contributed by atoms with E-state index in [1.54, 1.807) is 12.1 Å². The van der Waals surface area contributed by atoms with Gasteiger partial charge >= 0.3 is 0 Å². The standard InChI is InChI=1S/C16H13NO3/c18-15-12-5-1-3-10-4-2-6-13(14(10)12)16(19)17(15)8-7-11-9-20-11/h1-6,11H,7-9H2. The number of imide groups is 1. The first kappa shape index (κ1) is 11.6. The molecule has 1 saturated heterocycles. The van der Waals surface area contributed by atoms with E-state index in [-0.39, 0.29) is 17.9 Å². The third-order valence-corrected chi connectivity index (χ3v) is 3.93. The van der Waals surface area contributed by atoms with Crippen LogP contribution in [-0.2, 0) is 4.74 Å². The lowest BCUT2D eigenvalue weighted by Crippen LogP contribution is -2.41. The molecule has 0 aliphatic carbocycles. The molecule has 4 heteroatoms. The second-order valence-corrected chi connectivity index (χ2v) is 5.22. The van der Waals surface area contributed by atoms with E-state index in [4.69, 9.17) is 4.74 Å². The van der Waals surface area contributed by atoms with Gasteiger partial charge in [-0.15, -0.1) is 0 Å². The summed E-state index contributed by atoms with van der Waals surface area (Å²) in [7, 11) is 0. The molecule has 0 radical (unpaired) electrons. The van der Waals surface area contributed by atoms with Crippen molar-refractivity contribution in [1.82, 2.24) is 4.90 Å². The summed E-state index contributed by atoms with van der Waals surface area (Å²) in [6, 6.07) is 11.2. The predicted molar refractivity (Wildman–Crippen MR) is 73.7 cm³/mol. The maximum absolute atomic E-state index is 12.5. The molecule has 4 rings (SSSR count). The zero-order valence-electron chi connectivity index (χ0n) is 10.8. The topological polar surface area (TPSA) is 49.9 Å². The van der Waals surface area contributed by atoms with Gasteiger partial charge in [-0.1, -0.05) is 24.3 Å². The summed E-state index contributed by atoms with van der Waals surface area (Å²) >= 11 is 0. The lowest BCUT2D eigenvalue weighted by atomic mass is 9.94. The molecule has 0 spiro atoms. The highest BCUT2D eigenvalue weighted by molar-refractivity contribution is 6.25. The van der Waals surface area contributed by atoms with Crippen LogP contribution in [0.2, 0.25) is 0 Å². The van der Waals surface area contributed by atoms with Gasteiger partial charge < -0.3 is 4.74 Å². The Morgan fingerprint density at radius 1 is 1.05 bits per heavy atom. The van der Waals surface area contributed by atoms with E-state index in [1.165, 1.54) is 4.90 Å². The monoisotopic (exact) mass is 267 g/mol. The van der Waals surface area contributed by atoms with Crippen LogP contribution in [-0.4, -0.2) is 36.0 Å². The molecule has 0 bridgehead atoms. The van der Waals surface area contributed by atoms with Crippen molar-refractivity contribution in [3.8, 4) is 0 Å². The van der Waals surface area contributed by atoms with Crippen molar-refractivity contribution in [2.75, 3.05) is 13.2 Å². The molecule has 1 fully saturated rings. The fourth-order valence-electron chi connectivity index (χ4n) is 2.79. The van der Waals surface area contributed by atoms with E-state index in [9.17, 15) is 9.59 Å². The van der Waals surface area contributed by atoms with Crippen LogP contribution in [0.4, 0.5) is 0 Å². The van der Waals surface area contributed by atoms with E-state index in [0.29, 0.717) is 17.7 Å². The molecule has 1 unspecified atom stereocenters. The van der Waals surface area contributed by atoms with Crippen molar-refractivity contribution in [2.24, 2.45) is 0 Å². The number of rotatable bonds is 3. The summed E-state index contributed by atoms with van der Waals surface area (Å²) in [5, 5.41) is 1.72. The Bertz CT molecular complexity index is 683. The normalized spacial score (nSPS) is 20.6. The minimum Gasteiger partial charge on any atom is -0.373 e. The third-order valence-electron chi connectivity index (χ3n) is 3.93. The molecule has 4 nitrogen and oxygen atoms in total. The average molecular weight is 267 g/mol. The minimum atomic E-state index is -0.194. The Labute approximate surface area is 115 Å². The maximum atomic E-state index is 12.5. The number of carbonyl (C=O) groups is 2. The van der Waals surface area contributed by atoms with Gasteiger partial charge in [-0.3, -0.25) is 14.5 Å². The van der Waals surface area contributed by atoms with Gasteiger partial charge in [0.1, 0.15) is 0 Å². The highest BCUT2D eigenvalue weighted by Crippen LogP contribution is 2.30. The van der Waals surface area contributed by atoms with Gasteiger partial charge in [-0.25, -0.2) is 0 Å². The SMILES string of the molecule is O=C1c2cccc3cccc(c23)C(=O)N1CCC1CO1. The predicted octanol–water partition coefficient (Wildman–Crippen LogP) is 2.22. The molecule has 0 N–H and O–H groups in total. The summed E-state index contributed by atoms with van der Waals surface area (Å²) in [5.41, 5.74) is 1.24. The first-order valence-electron chi connectivity index (χ1n) is 6.75. The van der Waals surface area contributed by atoms with Crippen LogP contribution in [0.5, 0.6) is 0 Å². The number of ether oxygens (including phenoxy) is 1. The fraction of sp³-hybridized carbons (Fsp3) is 0.250. The van der Waals surface area contributed by atoms with E-state index in [0.717, 1.165) is 23.8 Å². The summed E-state index contributed by atoms with van der Waals surface area (Å²) in [6.45, 7) is 1.16. The lowest BCUT2D eigenvalue weighted by Gasteiger charge is -2.26.